The molecular weight excluding hydrogens is 575 g/mol. The zero-order valence-corrected chi connectivity index (χ0v) is 24.3. The average Bonchev–Trinajstić information content (AvgIpc) is 2.78. The zero-order valence-electron chi connectivity index (χ0n) is 19.9. The van der Waals surface area contributed by atoms with Gasteiger partial charge in [-0.1, -0.05) is 17.4 Å². The second-order valence-corrected chi connectivity index (χ2v) is 11.3. The maximum Gasteiger partial charge on any atom is 1.00 e. The molecule has 0 atom stereocenters. The molecule has 0 unspecified atom stereocenters. The van der Waals surface area contributed by atoms with Crippen molar-refractivity contribution in [3.8, 4) is 16.9 Å². The number of nitro benzene ring substituents is 1. The van der Waals surface area contributed by atoms with Crippen LogP contribution in [0.5, 0.6) is 5.75 Å². The second-order valence-electron chi connectivity index (χ2n) is 7.18. The topological polar surface area (TPSA) is 226 Å². The van der Waals surface area contributed by atoms with Crippen LogP contribution in [0.15, 0.2) is 64.9 Å². The first-order valence-electron chi connectivity index (χ1n) is 9.90. The average molecular weight is 595 g/mol. The Morgan fingerprint density at radius 3 is 2.21 bits per heavy atom. The maximum atomic E-state index is 11.2. The van der Waals surface area contributed by atoms with Crippen LogP contribution in [0.4, 0.5) is 11.4 Å². The normalized spacial score (nSPS) is 11.2. The van der Waals surface area contributed by atoms with E-state index >= 15 is 0 Å². The molecule has 198 valence electrons. The zero-order chi connectivity index (χ0) is 27.8. The van der Waals surface area contributed by atoms with E-state index in [0.29, 0.717) is 27.6 Å². The molecule has 38 heavy (non-hydrogen) atoms. The Bertz CT molecular complexity index is 1680. The van der Waals surface area contributed by atoms with E-state index in [1.165, 1.54) is 18.2 Å². The Morgan fingerprint density at radius 2 is 1.68 bits per heavy atom. The van der Waals surface area contributed by atoms with Crippen molar-refractivity contribution in [2.75, 3.05) is 12.0 Å². The number of non-ortho nitro benzene ring substituents is 1. The van der Waals surface area contributed by atoms with Crippen LogP contribution in [-0.4, -0.2) is 57.2 Å². The number of hydrogen-bond acceptors (Lipinski definition) is 12. The summed E-state index contributed by atoms with van der Waals surface area (Å²) in [5.41, 5.74) is 1.61. The van der Waals surface area contributed by atoms with Gasteiger partial charge in [-0.05, 0) is 47.9 Å². The molecule has 0 aliphatic rings. The number of hydrogen-bond donors (Lipinski definition) is 2. The minimum Gasteiger partial charge on any atom is -0.748 e. The SMILES string of the molecule is CS(=O)(=O)NN=Nc1cccc2c(O)ccc(-c3ccc([N+](=O)[O-])cc3)c12.O=S(=O)=CCCS(=O)(=O)[O-].[Na+]. The molecule has 0 aromatic heterocycles. The molecule has 18 heteroatoms. The minimum absolute atomic E-state index is 0. The molecule has 0 radical (unpaired) electrons. The van der Waals surface area contributed by atoms with Crippen molar-refractivity contribution in [2.24, 2.45) is 10.3 Å². The van der Waals surface area contributed by atoms with E-state index in [1.807, 2.05) is 4.83 Å². The molecule has 3 aromatic carbocycles. The van der Waals surface area contributed by atoms with Crippen molar-refractivity contribution in [3.63, 3.8) is 0 Å². The molecule has 0 bridgehead atoms. The third-order valence-electron chi connectivity index (χ3n) is 4.37. The Kier molecular flexibility index (Phi) is 12.4. The molecular formula is C20H19N4NaO10S3. The predicted molar refractivity (Wildman–Crippen MR) is 134 cm³/mol. The number of fused-ring (bicyclic) bond motifs is 1. The van der Waals surface area contributed by atoms with Gasteiger partial charge in [-0.3, -0.25) is 10.1 Å². The number of phenolic OH excluding ortho intramolecular Hbond substituents is 1. The van der Waals surface area contributed by atoms with E-state index in [2.05, 4.69) is 10.3 Å². The molecule has 0 amide bonds. The van der Waals surface area contributed by atoms with E-state index in [9.17, 15) is 45.0 Å². The third-order valence-corrected chi connectivity index (χ3v) is 6.03. The van der Waals surface area contributed by atoms with Gasteiger partial charge in [0.2, 0.25) is 20.3 Å². The van der Waals surface area contributed by atoms with Crippen molar-refractivity contribution in [3.05, 3.63) is 64.7 Å². The molecule has 14 nitrogen and oxygen atoms in total. The quantitative estimate of drug-likeness (QED) is 0.0830. The fourth-order valence-corrected chi connectivity index (χ4v) is 3.95. The first-order chi connectivity index (χ1) is 17.2. The van der Waals surface area contributed by atoms with Gasteiger partial charge in [0, 0.05) is 34.0 Å². The van der Waals surface area contributed by atoms with E-state index in [-0.39, 0.29) is 47.4 Å². The Morgan fingerprint density at radius 1 is 1.05 bits per heavy atom. The van der Waals surface area contributed by atoms with Gasteiger partial charge < -0.3 is 9.66 Å². The summed E-state index contributed by atoms with van der Waals surface area (Å²) in [6.07, 6.45) is 0.700. The molecule has 0 heterocycles. The Balaban J connectivity index is 0.000000562. The molecule has 0 aliphatic heterocycles. The monoisotopic (exact) mass is 594 g/mol. The molecule has 0 spiro atoms. The molecule has 2 N–H and O–H groups in total. The van der Waals surface area contributed by atoms with E-state index in [0.717, 1.165) is 11.6 Å². The molecule has 0 saturated heterocycles. The van der Waals surface area contributed by atoms with Crippen molar-refractivity contribution < 1.29 is 69.4 Å². The minimum atomic E-state index is -4.27. The molecule has 0 saturated carbocycles. The summed E-state index contributed by atoms with van der Waals surface area (Å²) in [7, 11) is -10.2. The van der Waals surface area contributed by atoms with Crippen LogP contribution < -0.4 is 34.4 Å². The van der Waals surface area contributed by atoms with Crippen molar-refractivity contribution in [1.29, 1.82) is 0 Å². The van der Waals surface area contributed by atoms with Gasteiger partial charge >= 0.3 is 29.6 Å². The van der Waals surface area contributed by atoms with Gasteiger partial charge in [-0.15, -0.1) is 5.11 Å². The summed E-state index contributed by atoms with van der Waals surface area (Å²) in [6, 6.07) is 14.0. The summed E-state index contributed by atoms with van der Waals surface area (Å²) in [4.78, 5) is 12.3. The van der Waals surface area contributed by atoms with Gasteiger partial charge in [0.05, 0.1) is 27.0 Å². The van der Waals surface area contributed by atoms with Crippen LogP contribution in [-0.2, 0) is 30.4 Å². The number of sulfonamides is 1. The Labute approximate surface area is 241 Å². The van der Waals surface area contributed by atoms with Crippen LogP contribution in [0.1, 0.15) is 6.42 Å². The number of nitro groups is 1. The smallest absolute Gasteiger partial charge is 0.748 e. The van der Waals surface area contributed by atoms with Crippen molar-refractivity contribution in [2.45, 2.75) is 6.42 Å². The third kappa shape index (κ3) is 10.8. The summed E-state index contributed by atoms with van der Waals surface area (Å²) in [6.45, 7) is 0. The van der Waals surface area contributed by atoms with Crippen molar-refractivity contribution >= 4 is 57.9 Å². The van der Waals surface area contributed by atoms with Crippen molar-refractivity contribution in [1.82, 2.24) is 4.83 Å². The number of aromatic hydroxyl groups is 1. The Hall–Kier alpha value is -2.93. The number of nitrogens with zero attached hydrogens (tertiary/aromatic N) is 3. The summed E-state index contributed by atoms with van der Waals surface area (Å²) < 4.78 is 71.3. The van der Waals surface area contributed by atoms with Crippen LogP contribution >= 0.6 is 0 Å². The molecule has 3 aromatic rings. The van der Waals surface area contributed by atoms with E-state index < -0.39 is 41.1 Å². The number of phenols is 1. The van der Waals surface area contributed by atoms with E-state index in [4.69, 9.17) is 0 Å². The van der Waals surface area contributed by atoms with Gasteiger partial charge in [-0.25, -0.2) is 16.8 Å². The summed E-state index contributed by atoms with van der Waals surface area (Å²) in [5.74, 6) is -0.648. The number of nitrogens with one attached hydrogen (secondary N) is 1. The fourth-order valence-electron chi connectivity index (χ4n) is 2.90. The van der Waals surface area contributed by atoms with Crippen LogP contribution in [0.2, 0.25) is 0 Å². The van der Waals surface area contributed by atoms with Gasteiger partial charge in [0.25, 0.3) is 5.69 Å². The van der Waals surface area contributed by atoms with Crippen LogP contribution in [0.25, 0.3) is 21.9 Å². The predicted octanol–water partition coefficient (Wildman–Crippen LogP) is -0.724. The summed E-state index contributed by atoms with van der Waals surface area (Å²) in [5, 5.41) is 30.2. The van der Waals surface area contributed by atoms with Crippen LogP contribution in [0.3, 0.4) is 0 Å². The molecule has 0 fully saturated rings. The number of benzene rings is 3. The number of rotatable bonds is 8. The van der Waals surface area contributed by atoms with Gasteiger partial charge in [0.15, 0.2) is 0 Å². The van der Waals surface area contributed by atoms with Gasteiger partial charge in [0.1, 0.15) is 5.75 Å². The first-order valence-corrected chi connectivity index (χ1v) is 14.5. The molecule has 3 rings (SSSR count). The van der Waals surface area contributed by atoms with E-state index in [1.54, 1.807) is 36.4 Å². The van der Waals surface area contributed by atoms with Crippen LogP contribution in [0, 0.1) is 10.1 Å². The molecule has 0 aliphatic carbocycles. The second kappa shape index (κ2) is 14.3. The largest absolute Gasteiger partial charge is 1.00 e. The standard InChI is InChI=1S/C17H14N4O5S.C3H6O5S2.Na/c1-27(25,26)20-19-18-15-4-2-3-14-16(22)10-9-13(17(14)15)11-5-7-12(8-6-11)21(23)24;4-9(5)2-1-3-10(6,7)8;/h2-10,22H,1H3,(H,18,20);2H,1,3H2,(H,6,7,8);/q;;+1/p-1. The maximum absolute atomic E-state index is 11.2. The van der Waals surface area contributed by atoms with Gasteiger partial charge in [-0.2, -0.15) is 13.2 Å². The first kappa shape index (κ1) is 33.1. The fraction of sp³-hybridized carbons (Fsp3) is 0.150. The summed E-state index contributed by atoms with van der Waals surface area (Å²) >= 11 is 0.